The number of ether oxygens (including phenoxy) is 1. The van der Waals surface area contributed by atoms with E-state index in [1.807, 2.05) is 30.0 Å². The minimum Gasteiger partial charge on any atom is -0.374 e. The molecule has 0 N–H and O–H groups in total. The van der Waals surface area contributed by atoms with Crippen LogP contribution in [-0.4, -0.2) is 46.1 Å². The Kier molecular flexibility index (Phi) is 3.87. The minimum absolute atomic E-state index is 0.0994. The first kappa shape index (κ1) is 14.8. The van der Waals surface area contributed by atoms with Gasteiger partial charge in [0.05, 0.1) is 30.1 Å². The van der Waals surface area contributed by atoms with Crippen LogP contribution in [0.5, 0.6) is 0 Å². The van der Waals surface area contributed by atoms with E-state index >= 15 is 0 Å². The van der Waals surface area contributed by atoms with Crippen molar-refractivity contribution in [3.8, 4) is 10.7 Å². The zero-order chi connectivity index (χ0) is 15.8. The van der Waals surface area contributed by atoms with Crippen molar-refractivity contribution in [3.63, 3.8) is 0 Å². The fraction of sp³-hybridized carbons (Fsp3) is 0.471. The number of hydrogen-bond donors (Lipinski definition) is 0. The summed E-state index contributed by atoms with van der Waals surface area (Å²) in [5, 5.41) is 0.808. The largest absolute Gasteiger partial charge is 0.374 e. The standard InChI is InChI=1S/C17H19N3O2S/c1-11-15(23-16(19-11)12-5-2-3-8-18-12)17(21)20-9-10-22-14-7-4-6-13(14)20/h2-3,5,8,13-14H,4,6-7,9-10H2,1H3/t13-,14-/m1/s1. The van der Waals surface area contributed by atoms with Crippen LogP contribution in [0.25, 0.3) is 10.7 Å². The third kappa shape index (κ3) is 2.66. The molecular formula is C17H19N3O2S. The summed E-state index contributed by atoms with van der Waals surface area (Å²) in [4.78, 5) is 24.7. The molecule has 5 nitrogen and oxygen atoms in total. The Labute approximate surface area is 139 Å². The fourth-order valence-electron chi connectivity index (χ4n) is 3.50. The molecule has 1 aliphatic heterocycles. The summed E-state index contributed by atoms with van der Waals surface area (Å²) in [5.41, 5.74) is 1.61. The van der Waals surface area contributed by atoms with Crippen molar-refractivity contribution in [2.45, 2.75) is 38.3 Å². The van der Waals surface area contributed by atoms with E-state index < -0.39 is 0 Å². The summed E-state index contributed by atoms with van der Waals surface area (Å²) in [6, 6.07) is 5.97. The first-order valence-electron chi connectivity index (χ1n) is 8.05. The second kappa shape index (κ2) is 6.02. The maximum atomic E-state index is 13.0. The molecule has 1 saturated heterocycles. The Hall–Kier alpha value is -1.79. The minimum atomic E-state index is 0.0994. The van der Waals surface area contributed by atoms with E-state index in [0.29, 0.717) is 13.2 Å². The first-order valence-corrected chi connectivity index (χ1v) is 8.87. The number of amides is 1. The van der Waals surface area contributed by atoms with Crippen LogP contribution in [0.15, 0.2) is 24.4 Å². The third-order valence-corrected chi connectivity index (χ3v) is 5.79. The third-order valence-electron chi connectivity index (χ3n) is 4.62. The van der Waals surface area contributed by atoms with E-state index in [4.69, 9.17) is 4.74 Å². The van der Waals surface area contributed by atoms with Crippen LogP contribution in [0, 0.1) is 6.92 Å². The summed E-state index contributed by atoms with van der Waals surface area (Å²) in [7, 11) is 0. The first-order chi connectivity index (χ1) is 11.2. The van der Waals surface area contributed by atoms with Crippen LogP contribution in [-0.2, 0) is 4.74 Å². The van der Waals surface area contributed by atoms with Crippen LogP contribution < -0.4 is 0 Å². The lowest BCUT2D eigenvalue weighted by Gasteiger charge is -2.37. The highest BCUT2D eigenvalue weighted by Gasteiger charge is 2.39. The molecule has 0 aromatic carbocycles. The fourth-order valence-corrected chi connectivity index (χ4v) is 4.50. The van der Waals surface area contributed by atoms with E-state index in [-0.39, 0.29) is 18.1 Å². The molecule has 1 amide bonds. The lowest BCUT2D eigenvalue weighted by Crippen LogP contribution is -2.51. The number of hydrogen-bond acceptors (Lipinski definition) is 5. The van der Waals surface area contributed by atoms with Gasteiger partial charge in [0.25, 0.3) is 5.91 Å². The van der Waals surface area contributed by atoms with Gasteiger partial charge >= 0.3 is 0 Å². The molecule has 4 rings (SSSR count). The molecule has 2 aromatic heterocycles. The maximum absolute atomic E-state index is 13.0. The lowest BCUT2D eigenvalue weighted by atomic mass is 10.1. The van der Waals surface area contributed by atoms with Crippen LogP contribution >= 0.6 is 11.3 Å². The normalized spacial score (nSPS) is 23.8. The van der Waals surface area contributed by atoms with Crippen molar-refractivity contribution in [3.05, 3.63) is 35.0 Å². The van der Waals surface area contributed by atoms with E-state index in [1.165, 1.54) is 11.3 Å². The average Bonchev–Trinajstić information content (AvgIpc) is 3.21. The molecule has 2 aliphatic rings. The maximum Gasteiger partial charge on any atom is 0.266 e. The number of pyridine rings is 1. The molecule has 0 spiro atoms. The zero-order valence-corrected chi connectivity index (χ0v) is 13.9. The number of thiazole rings is 1. The van der Waals surface area contributed by atoms with Gasteiger partial charge in [-0.15, -0.1) is 11.3 Å². The summed E-state index contributed by atoms with van der Waals surface area (Å²) in [6.07, 6.45) is 5.21. The van der Waals surface area contributed by atoms with Gasteiger partial charge in [-0.1, -0.05) is 6.07 Å². The molecule has 0 bridgehead atoms. The summed E-state index contributed by atoms with van der Waals surface area (Å²) < 4.78 is 5.81. The number of nitrogens with zero attached hydrogens (tertiary/aromatic N) is 3. The van der Waals surface area contributed by atoms with Crippen molar-refractivity contribution >= 4 is 17.2 Å². The Morgan fingerprint density at radius 3 is 3.13 bits per heavy atom. The molecule has 2 atom stereocenters. The Morgan fingerprint density at radius 1 is 1.39 bits per heavy atom. The smallest absolute Gasteiger partial charge is 0.266 e. The number of carbonyl (C=O) groups excluding carboxylic acids is 1. The van der Waals surface area contributed by atoms with Crippen molar-refractivity contribution < 1.29 is 9.53 Å². The van der Waals surface area contributed by atoms with Crippen molar-refractivity contribution in [1.29, 1.82) is 0 Å². The lowest BCUT2D eigenvalue weighted by molar-refractivity contribution is -0.0444. The predicted octanol–water partition coefficient (Wildman–Crippen LogP) is 2.91. The van der Waals surface area contributed by atoms with Crippen molar-refractivity contribution in [1.82, 2.24) is 14.9 Å². The van der Waals surface area contributed by atoms with E-state index in [9.17, 15) is 4.79 Å². The van der Waals surface area contributed by atoms with Gasteiger partial charge in [-0.05, 0) is 38.3 Å². The number of aromatic nitrogens is 2. The quantitative estimate of drug-likeness (QED) is 0.850. The van der Waals surface area contributed by atoms with Gasteiger partial charge in [0.15, 0.2) is 0 Å². The molecule has 23 heavy (non-hydrogen) atoms. The number of carbonyl (C=O) groups is 1. The number of aryl methyl sites for hydroxylation is 1. The van der Waals surface area contributed by atoms with E-state index in [2.05, 4.69) is 9.97 Å². The van der Waals surface area contributed by atoms with E-state index in [1.54, 1.807) is 6.20 Å². The van der Waals surface area contributed by atoms with Crippen molar-refractivity contribution in [2.24, 2.45) is 0 Å². The van der Waals surface area contributed by atoms with E-state index in [0.717, 1.165) is 40.5 Å². The van der Waals surface area contributed by atoms with Crippen LogP contribution in [0.3, 0.4) is 0 Å². The van der Waals surface area contributed by atoms with Gasteiger partial charge in [-0.25, -0.2) is 4.98 Å². The Morgan fingerprint density at radius 2 is 2.30 bits per heavy atom. The Balaban J connectivity index is 1.62. The summed E-state index contributed by atoms with van der Waals surface area (Å²) >= 11 is 1.44. The highest BCUT2D eigenvalue weighted by molar-refractivity contribution is 7.17. The average molecular weight is 329 g/mol. The molecule has 3 heterocycles. The van der Waals surface area contributed by atoms with Gasteiger partial charge < -0.3 is 9.64 Å². The Bertz CT molecular complexity index is 716. The highest BCUT2D eigenvalue weighted by atomic mass is 32.1. The second-order valence-electron chi connectivity index (χ2n) is 6.05. The van der Waals surface area contributed by atoms with Gasteiger partial charge in [-0.2, -0.15) is 0 Å². The molecule has 120 valence electrons. The van der Waals surface area contributed by atoms with Crippen molar-refractivity contribution in [2.75, 3.05) is 13.2 Å². The van der Waals surface area contributed by atoms with Crippen LogP contribution in [0.1, 0.15) is 34.6 Å². The number of morpholine rings is 1. The van der Waals surface area contributed by atoms with Gasteiger partial charge in [-0.3, -0.25) is 9.78 Å². The molecule has 0 radical (unpaired) electrons. The van der Waals surface area contributed by atoms with Crippen LogP contribution in [0.2, 0.25) is 0 Å². The molecule has 1 aliphatic carbocycles. The number of rotatable bonds is 2. The highest BCUT2D eigenvalue weighted by Crippen LogP contribution is 2.33. The molecule has 1 saturated carbocycles. The van der Waals surface area contributed by atoms with Gasteiger partial charge in [0.2, 0.25) is 0 Å². The summed E-state index contributed by atoms with van der Waals surface area (Å²) in [6.45, 7) is 3.22. The van der Waals surface area contributed by atoms with Gasteiger partial charge in [0, 0.05) is 12.7 Å². The number of fused-ring (bicyclic) bond motifs is 1. The molecular weight excluding hydrogens is 310 g/mol. The second-order valence-corrected chi connectivity index (χ2v) is 7.05. The molecule has 0 unspecified atom stereocenters. The SMILES string of the molecule is Cc1nc(-c2ccccn2)sc1C(=O)N1CCO[C@@H]2CCC[C@H]21. The van der Waals surface area contributed by atoms with Crippen LogP contribution in [0.4, 0.5) is 0 Å². The monoisotopic (exact) mass is 329 g/mol. The summed E-state index contributed by atoms with van der Waals surface area (Å²) in [5.74, 6) is 0.0994. The molecule has 6 heteroatoms. The topological polar surface area (TPSA) is 55.3 Å². The van der Waals surface area contributed by atoms with Gasteiger partial charge in [0.1, 0.15) is 9.88 Å². The zero-order valence-electron chi connectivity index (χ0n) is 13.1. The molecule has 2 aromatic rings. The molecule has 2 fully saturated rings. The predicted molar refractivity (Wildman–Crippen MR) is 88.5 cm³/mol.